The maximum atomic E-state index is 12.2. The first-order valence-electron chi connectivity index (χ1n) is 8.08. The SMILES string of the molecule is O=C(NCc1ccco1)c1ccnc(Nc2ccc3c(c2)OCCO3)n1. The monoisotopic (exact) mass is 352 g/mol. The first kappa shape index (κ1) is 15.9. The minimum Gasteiger partial charge on any atom is -0.486 e. The summed E-state index contributed by atoms with van der Waals surface area (Å²) in [4.78, 5) is 20.6. The molecule has 1 aromatic carbocycles. The fourth-order valence-electron chi connectivity index (χ4n) is 2.47. The number of aromatic nitrogens is 2. The summed E-state index contributed by atoms with van der Waals surface area (Å²) in [5.41, 5.74) is 0.994. The normalized spacial score (nSPS) is 12.5. The molecule has 0 aliphatic carbocycles. The molecule has 3 aromatic rings. The van der Waals surface area contributed by atoms with E-state index in [-0.39, 0.29) is 11.6 Å². The lowest BCUT2D eigenvalue weighted by atomic mass is 10.2. The van der Waals surface area contributed by atoms with Gasteiger partial charge in [-0.25, -0.2) is 9.97 Å². The molecule has 0 radical (unpaired) electrons. The highest BCUT2D eigenvalue weighted by Crippen LogP contribution is 2.33. The number of nitrogens with zero attached hydrogens (tertiary/aromatic N) is 2. The Labute approximate surface area is 149 Å². The molecule has 2 aromatic heterocycles. The van der Waals surface area contributed by atoms with Crippen LogP contribution in [0.15, 0.2) is 53.3 Å². The zero-order valence-corrected chi connectivity index (χ0v) is 13.8. The number of furan rings is 1. The van der Waals surface area contributed by atoms with E-state index in [2.05, 4.69) is 20.6 Å². The van der Waals surface area contributed by atoms with Crippen molar-refractivity contribution in [2.75, 3.05) is 18.5 Å². The topological polar surface area (TPSA) is 98.5 Å². The van der Waals surface area contributed by atoms with Crippen LogP contribution < -0.4 is 20.1 Å². The lowest BCUT2D eigenvalue weighted by Gasteiger charge is -2.19. The van der Waals surface area contributed by atoms with Gasteiger partial charge in [-0.15, -0.1) is 0 Å². The third kappa shape index (κ3) is 3.59. The van der Waals surface area contributed by atoms with Crippen LogP contribution in [0.3, 0.4) is 0 Å². The Balaban J connectivity index is 1.44. The van der Waals surface area contributed by atoms with E-state index in [0.29, 0.717) is 43.0 Å². The van der Waals surface area contributed by atoms with Gasteiger partial charge in [-0.05, 0) is 30.3 Å². The molecule has 26 heavy (non-hydrogen) atoms. The van der Waals surface area contributed by atoms with Gasteiger partial charge >= 0.3 is 0 Å². The van der Waals surface area contributed by atoms with Crippen LogP contribution in [-0.4, -0.2) is 29.1 Å². The predicted molar refractivity (Wildman–Crippen MR) is 92.6 cm³/mol. The molecule has 0 bridgehead atoms. The zero-order chi connectivity index (χ0) is 17.8. The molecular weight excluding hydrogens is 336 g/mol. The third-order valence-electron chi connectivity index (χ3n) is 3.69. The van der Waals surface area contributed by atoms with Crippen LogP contribution in [0.5, 0.6) is 11.5 Å². The van der Waals surface area contributed by atoms with Crippen LogP contribution in [0.25, 0.3) is 0 Å². The quantitative estimate of drug-likeness (QED) is 0.728. The molecule has 1 aliphatic heterocycles. The van der Waals surface area contributed by atoms with Gasteiger partial charge in [0.15, 0.2) is 11.5 Å². The molecule has 2 N–H and O–H groups in total. The van der Waals surface area contributed by atoms with Crippen molar-refractivity contribution in [2.24, 2.45) is 0 Å². The summed E-state index contributed by atoms with van der Waals surface area (Å²) < 4.78 is 16.2. The number of hydrogen-bond donors (Lipinski definition) is 2. The molecule has 3 heterocycles. The van der Waals surface area contributed by atoms with E-state index in [1.54, 1.807) is 24.5 Å². The number of anilines is 2. The standard InChI is InChI=1S/C18H16N4O4/c23-17(20-11-13-2-1-7-24-13)14-5-6-19-18(22-14)21-12-3-4-15-16(10-12)26-9-8-25-15/h1-7,10H,8-9,11H2,(H,20,23)(H,19,21,22). The summed E-state index contributed by atoms with van der Waals surface area (Å²) in [6.45, 7) is 1.34. The second kappa shape index (κ2) is 7.14. The number of fused-ring (bicyclic) bond motifs is 1. The van der Waals surface area contributed by atoms with E-state index < -0.39 is 0 Å². The van der Waals surface area contributed by atoms with Crippen LogP contribution in [0.4, 0.5) is 11.6 Å². The summed E-state index contributed by atoms with van der Waals surface area (Å²) >= 11 is 0. The number of carbonyl (C=O) groups excluding carboxylic acids is 1. The fourth-order valence-corrected chi connectivity index (χ4v) is 2.47. The van der Waals surface area contributed by atoms with Crippen molar-refractivity contribution in [3.63, 3.8) is 0 Å². The van der Waals surface area contributed by atoms with Gasteiger partial charge in [0.05, 0.1) is 12.8 Å². The zero-order valence-electron chi connectivity index (χ0n) is 13.8. The van der Waals surface area contributed by atoms with Gasteiger partial charge in [0.2, 0.25) is 5.95 Å². The van der Waals surface area contributed by atoms with Gasteiger partial charge in [-0.3, -0.25) is 4.79 Å². The highest BCUT2D eigenvalue weighted by Gasteiger charge is 2.13. The van der Waals surface area contributed by atoms with E-state index in [9.17, 15) is 4.79 Å². The average molecular weight is 352 g/mol. The van der Waals surface area contributed by atoms with Crippen molar-refractivity contribution < 1.29 is 18.7 Å². The second-order valence-corrected chi connectivity index (χ2v) is 5.51. The van der Waals surface area contributed by atoms with Gasteiger partial charge in [0.1, 0.15) is 24.7 Å². The van der Waals surface area contributed by atoms with Crippen molar-refractivity contribution in [2.45, 2.75) is 6.54 Å². The first-order chi connectivity index (χ1) is 12.8. The molecule has 132 valence electrons. The van der Waals surface area contributed by atoms with Crippen molar-refractivity contribution in [1.82, 2.24) is 15.3 Å². The van der Waals surface area contributed by atoms with Gasteiger partial charge in [0.25, 0.3) is 5.91 Å². The molecule has 0 spiro atoms. The maximum absolute atomic E-state index is 12.2. The van der Waals surface area contributed by atoms with Crippen LogP contribution in [0.2, 0.25) is 0 Å². The molecular formula is C18H16N4O4. The molecule has 1 aliphatic rings. The summed E-state index contributed by atoms with van der Waals surface area (Å²) in [5.74, 6) is 2.03. The molecule has 0 fully saturated rings. The number of carbonyl (C=O) groups is 1. The van der Waals surface area contributed by atoms with E-state index in [1.807, 2.05) is 18.2 Å². The molecule has 0 atom stereocenters. The minimum absolute atomic E-state index is 0.256. The molecule has 4 rings (SSSR count). The van der Waals surface area contributed by atoms with E-state index in [1.165, 1.54) is 6.20 Å². The second-order valence-electron chi connectivity index (χ2n) is 5.51. The van der Waals surface area contributed by atoms with E-state index >= 15 is 0 Å². The lowest BCUT2D eigenvalue weighted by molar-refractivity contribution is 0.0943. The van der Waals surface area contributed by atoms with E-state index in [0.717, 1.165) is 5.69 Å². The minimum atomic E-state index is -0.311. The Kier molecular flexibility index (Phi) is 4.38. The molecule has 1 amide bonds. The van der Waals surface area contributed by atoms with Gasteiger partial charge in [0, 0.05) is 18.0 Å². The summed E-state index contributed by atoms with van der Waals surface area (Å²) in [6.07, 6.45) is 3.08. The fraction of sp³-hybridized carbons (Fsp3) is 0.167. The maximum Gasteiger partial charge on any atom is 0.270 e. The highest BCUT2D eigenvalue weighted by molar-refractivity contribution is 5.92. The molecule has 8 heteroatoms. The molecule has 0 saturated carbocycles. The number of benzene rings is 1. The van der Waals surface area contributed by atoms with Gasteiger partial charge in [-0.1, -0.05) is 0 Å². The summed E-state index contributed by atoms with van der Waals surface area (Å²) in [6, 6.07) is 10.6. The highest BCUT2D eigenvalue weighted by atomic mass is 16.6. The van der Waals surface area contributed by atoms with Crippen molar-refractivity contribution in [3.8, 4) is 11.5 Å². The number of nitrogens with one attached hydrogen (secondary N) is 2. The largest absolute Gasteiger partial charge is 0.486 e. The number of ether oxygens (including phenoxy) is 2. The Hall–Kier alpha value is -3.55. The third-order valence-corrected chi connectivity index (χ3v) is 3.69. The molecule has 0 unspecified atom stereocenters. The Morgan fingerprint density at radius 1 is 1.12 bits per heavy atom. The van der Waals surface area contributed by atoms with Crippen LogP contribution in [0, 0.1) is 0 Å². The predicted octanol–water partition coefficient (Wildman–Crippen LogP) is 2.51. The average Bonchev–Trinajstić information content (AvgIpc) is 3.20. The van der Waals surface area contributed by atoms with Gasteiger partial charge in [-0.2, -0.15) is 0 Å². The molecule has 8 nitrogen and oxygen atoms in total. The molecule has 0 saturated heterocycles. The summed E-state index contributed by atoms with van der Waals surface area (Å²) in [5, 5.41) is 5.81. The van der Waals surface area contributed by atoms with Crippen LogP contribution >= 0.6 is 0 Å². The smallest absolute Gasteiger partial charge is 0.270 e. The van der Waals surface area contributed by atoms with Crippen molar-refractivity contribution >= 4 is 17.5 Å². The number of rotatable bonds is 5. The van der Waals surface area contributed by atoms with Crippen LogP contribution in [-0.2, 0) is 6.54 Å². The Morgan fingerprint density at radius 2 is 2.00 bits per heavy atom. The Bertz CT molecular complexity index is 911. The number of amides is 1. The summed E-state index contributed by atoms with van der Waals surface area (Å²) in [7, 11) is 0. The van der Waals surface area contributed by atoms with E-state index in [4.69, 9.17) is 13.9 Å². The Morgan fingerprint density at radius 3 is 2.85 bits per heavy atom. The van der Waals surface area contributed by atoms with Crippen molar-refractivity contribution in [1.29, 1.82) is 0 Å². The van der Waals surface area contributed by atoms with Crippen LogP contribution in [0.1, 0.15) is 16.2 Å². The van der Waals surface area contributed by atoms with Gasteiger partial charge < -0.3 is 24.5 Å². The number of hydrogen-bond acceptors (Lipinski definition) is 7. The van der Waals surface area contributed by atoms with Crippen molar-refractivity contribution in [3.05, 3.63) is 60.3 Å². The lowest BCUT2D eigenvalue weighted by Crippen LogP contribution is -2.24. The first-order valence-corrected chi connectivity index (χ1v) is 8.08.